The number of nitrogens with zero attached hydrogens (tertiary/aromatic N) is 2. The summed E-state index contributed by atoms with van der Waals surface area (Å²) in [4.78, 5) is 12.9. The lowest BCUT2D eigenvalue weighted by Crippen LogP contribution is -2.22. The average Bonchev–Trinajstić information content (AvgIpc) is 3.63. The summed E-state index contributed by atoms with van der Waals surface area (Å²) in [5.74, 6) is 1.83. The zero-order chi connectivity index (χ0) is 26.3. The fraction of sp³-hybridized carbons (Fsp3) is 0.188. The zero-order valence-corrected chi connectivity index (χ0v) is 21.6. The Morgan fingerprint density at radius 1 is 0.947 bits per heavy atom. The second kappa shape index (κ2) is 11.6. The van der Waals surface area contributed by atoms with Crippen molar-refractivity contribution in [1.29, 1.82) is 0 Å². The Morgan fingerprint density at radius 3 is 2.37 bits per heavy atom. The molecule has 3 aromatic carbocycles. The van der Waals surface area contributed by atoms with Crippen LogP contribution in [0.2, 0.25) is 0 Å². The quantitative estimate of drug-likeness (QED) is 0.219. The van der Waals surface area contributed by atoms with E-state index >= 15 is 0 Å². The number of ether oxygens (including phenoxy) is 1. The minimum absolute atomic E-state index is 0.243. The number of carbonyl (C=O) groups is 1. The lowest BCUT2D eigenvalue weighted by molar-refractivity contribution is 0.0919. The van der Waals surface area contributed by atoms with Crippen molar-refractivity contribution < 1.29 is 13.9 Å². The highest BCUT2D eigenvalue weighted by molar-refractivity contribution is 5.91. The van der Waals surface area contributed by atoms with E-state index in [9.17, 15) is 4.79 Å². The van der Waals surface area contributed by atoms with Crippen LogP contribution < -0.4 is 10.1 Å². The number of nitrogens with one attached hydrogen (secondary N) is 1. The molecule has 5 aromatic rings. The van der Waals surface area contributed by atoms with Crippen LogP contribution in [0, 0.1) is 0 Å². The van der Waals surface area contributed by atoms with Gasteiger partial charge in [-0.1, -0.05) is 74.5 Å². The summed E-state index contributed by atoms with van der Waals surface area (Å²) in [5.41, 5.74) is 4.96. The molecule has 1 unspecified atom stereocenters. The second-order valence-corrected chi connectivity index (χ2v) is 9.26. The summed E-state index contributed by atoms with van der Waals surface area (Å²) >= 11 is 0. The molecular formula is C32H31N3O3. The first-order valence-corrected chi connectivity index (χ1v) is 12.9. The number of para-hydroxylation sites is 1. The van der Waals surface area contributed by atoms with Crippen molar-refractivity contribution in [1.82, 2.24) is 15.1 Å². The molecule has 6 heteroatoms. The second-order valence-electron chi connectivity index (χ2n) is 9.26. The average molecular weight is 506 g/mol. The lowest BCUT2D eigenvalue weighted by atomic mass is 9.99. The number of aromatic nitrogens is 2. The van der Waals surface area contributed by atoms with E-state index in [4.69, 9.17) is 14.3 Å². The molecule has 1 atom stereocenters. The lowest BCUT2D eigenvalue weighted by Gasteiger charge is -2.10. The standard InChI is InChI=1S/C32H31N3O3/c1-3-23(2)24-14-16-28(17-15-24)37-22-29-18-19-30(38-29)32(36)33-20-26-21-35(27-12-8-5-9-13-27)34-31(26)25-10-6-4-7-11-25/h4-19,21,23H,3,20,22H2,1-2H3,(H,33,36). The SMILES string of the molecule is CCC(C)c1ccc(OCc2ccc(C(=O)NCc3cn(-c4ccccc4)nc3-c3ccccc3)o2)cc1. The summed E-state index contributed by atoms with van der Waals surface area (Å²) < 4.78 is 13.5. The molecule has 0 spiro atoms. The number of hydrogen-bond donors (Lipinski definition) is 1. The first-order chi connectivity index (χ1) is 18.6. The van der Waals surface area contributed by atoms with E-state index in [-0.39, 0.29) is 18.3 Å². The van der Waals surface area contributed by atoms with Gasteiger partial charge in [0.2, 0.25) is 0 Å². The Labute approximate surface area is 222 Å². The third-order valence-corrected chi connectivity index (χ3v) is 6.63. The predicted molar refractivity (Wildman–Crippen MR) is 148 cm³/mol. The number of rotatable bonds is 10. The molecule has 2 aromatic heterocycles. The topological polar surface area (TPSA) is 69.3 Å². The molecule has 1 amide bonds. The maximum absolute atomic E-state index is 12.9. The zero-order valence-electron chi connectivity index (χ0n) is 21.6. The van der Waals surface area contributed by atoms with Crippen LogP contribution in [0.5, 0.6) is 5.75 Å². The summed E-state index contributed by atoms with van der Waals surface area (Å²) in [7, 11) is 0. The van der Waals surface area contributed by atoms with Gasteiger partial charge in [0.1, 0.15) is 18.1 Å². The van der Waals surface area contributed by atoms with Crippen LogP contribution in [0.3, 0.4) is 0 Å². The van der Waals surface area contributed by atoms with Crippen LogP contribution >= 0.6 is 0 Å². The summed E-state index contributed by atoms with van der Waals surface area (Å²) in [5, 5.41) is 7.78. The summed E-state index contributed by atoms with van der Waals surface area (Å²) in [6.07, 6.45) is 3.05. The van der Waals surface area contributed by atoms with Gasteiger partial charge in [0.15, 0.2) is 5.76 Å². The van der Waals surface area contributed by atoms with Crippen LogP contribution in [0.25, 0.3) is 16.9 Å². The Bertz CT molecular complexity index is 1470. The maximum Gasteiger partial charge on any atom is 0.287 e. The van der Waals surface area contributed by atoms with Gasteiger partial charge in [-0.3, -0.25) is 4.79 Å². The first-order valence-electron chi connectivity index (χ1n) is 12.9. The van der Waals surface area contributed by atoms with E-state index in [0.717, 1.165) is 34.7 Å². The van der Waals surface area contributed by atoms with Gasteiger partial charge in [0.25, 0.3) is 5.91 Å². The summed E-state index contributed by atoms with van der Waals surface area (Å²) in [6.45, 7) is 4.95. The third-order valence-electron chi connectivity index (χ3n) is 6.63. The van der Waals surface area contributed by atoms with Crippen molar-refractivity contribution in [2.75, 3.05) is 0 Å². The highest BCUT2D eigenvalue weighted by Gasteiger charge is 2.16. The predicted octanol–water partition coefficient (Wildman–Crippen LogP) is 7.15. The highest BCUT2D eigenvalue weighted by Crippen LogP contribution is 2.24. The van der Waals surface area contributed by atoms with Gasteiger partial charge in [0.05, 0.1) is 11.4 Å². The molecule has 0 aliphatic carbocycles. The van der Waals surface area contributed by atoms with Crippen LogP contribution in [0.15, 0.2) is 108 Å². The number of hydrogen-bond acceptors (Lipinski definition) is 4. The van der Waals surface area contributed by atoms with Gasteiger partial charge >= 0.3 is 0 Å². The molecule has 38 heavy (non-hydrogen) atoms. The molecule has 0 fully saturated rings. The molecule has 0 radical (unpaired) electrons. The van der Waals surface area contributed by atoms with Gasteiger partial charge in [-0.05, 0) is 54.3 Å². The molecule has 0 saturated carbocycles. The molecule has 2 heterocycles. The number of furan rings is 1. The largest absolute Gasteiger partial charge is 0.486 e. The molecule has 0 aliphatic rings. The number of amides is 1. The molecular weight excluding hydrogens is 474 g/mol. The fourth-order valence-corrected chi connectivity index (χ4v) is 4.21. The maximum atomic E-state index is 12.9. The van der Waals surface area contributed by atoms with Gasteiger partial charge < -0.3 is 14.5 Å². The van der Waals surface area contributed by atoms with Gasteiger partial charge in [-0.15, -0.1) is 0 Å². The van der Waals surface area contributed by atoms with Gasteiger partial charge in [0, 0.05) is 23.9 Å². The Balaban J connectivity index is 1.24. The molecule has 0 aliphatic heterocycles. The van der Waals surface area contributed by atoms with Crippen molar-refractivity contribution in [2.24, 2.45) is 0 Å². The van der Waals surface area contributed by atoms with Gasteiger partial charge in [-0.2, -0.15) is 5.10 Å². The van der Waals surface area contributed by atoms with Crippen LogP contribution in [0.1, 0.15) is 53.6 Å². The minimum Gasteiger partial charge on any atom is -0.486 e. The van der Waals surface area contributed by atoms with Crippen LogP contribution in [-0.2, 0) is 13.2 Å². The number of carbonyl (C=O) groups excluding carboxylic acids is 1. The van der Waals surface area contributed by atoms with Crippen molar-refractivity contribution in [3.05, 3.63) is 126 Å². The molecule has 192 valence electrons. The highest BCUT2D eigenvalue weighted by atomic mass is 16.5. The van der Waals surface area contributed by atoms with E-state index in [1.807, 2.05) is 83.7 Å². The van der Waals surface area contributed by atoms with E-state index in [1.54, 1.807) is 12.1 Å². The molecule has 6 nitrogen and oxygen atoms in total. The van der Waals surface area contributed by atoms with Crippen molar-refractivity contribution in [3.63, 3.8) is 0 Å². The Kier molecular flexibility index (Phi) is 7.69. The van der Waals surface area contributed by atoms with E-state index in [0.29, 0.717) is 18.2 Å². The van der Waals surface area contributed by atoms with Crippen molar-refractivity contribution in [3.8, 4) is 22.7 Å². The molecule has 0 saturated heterocycles. The van der Waals surface area contributed by atoms with Crippen LogP contribution in [0.4, 0.5) is 0 Å². The minimum atomic E-state index is -0.291. The summed E-state index contributed by atoms with van der Waals surface area (Å²) in [6, 6.07) is 31.4. The third kappa shape index (κ3) is 5.86. The monoisotopic (exact) mass is 505 g/mol. The van der Waals surface area contributed by atoms with E-state index < -0.39 is 0 Å². The smallest absolute Gasteiger partial charge is 0.287 e. The van der Waals surface area contributed by atoms with E-state index in [2.05, 4.69) is 31.3 Å². The Hall–Kier alpha value is -4.58. The van der Waals surface area contributed by atoms with Crippen molar-refractivity contribution >= 4 is 5.91 Å². The molecule has 1 N–H and O–H groups in total. The molecule has 5 rings (SSSR count). The van der Waals surface area contributed by atoms with Crippen molar-refractivity contribution in [2.45, 2.75) is 39.3 Å². The Morgan fingerprint density at radius 2 is 1.66 bits per heavy atom. The number of benzene rings is 3. The normalized spacial score (nSPS) is 11.7. The first kappa shape index (κ1) is 25.1. The van der Waals surface area contributed by atoms with Gasteiger partial charge in [-0.25, -0.2) is 4.68 Å². The fourth-order valence-electron chi connectivity index (χ4n) is 4.21. The van der Waals surface area contributed by atoms with E-state index in [1.165, 1.54) is 5.56 Å². The molecule has 0 bridgehead atoms. The van der Waals surface area contributed by atoms with Crippen LogP contribution in [-0.4, -0.2) is 15.7 Å².